The fraction of sp³-hybridized carbons (Fsp3) is 0.333. The average Bonchev–Trinajstić information content (AvgIpc) is 3.05. The zero-order valence-corrected chi connectivity index (χ0v) is 14.8. The van der Waals surface area contributed by atoms with E-state index in [2.05, 4.69) is 23.5 Å². The predicted molar refractivity (Wildman–Crippen MR) is 96.5 cm³/mol. The number of hydrogen-bond donors (Lipinski definition) is 1. The largest absolute Gasteiger partial charge is 0.493 e. The van der Waals surface area contributed by atoms with Crippen LogP contribution < -0.4 is 14.4 Å². The highest BCUT2D eigenvalue weighted by atomic mass is 32.2. The Morgan fingerprint density at radius 2 is 1.79 bits per heavy atom. The summed E-state index contributed by atoms with van der Waals surface area (Å²) >= 11 is 0. The molecule has 24 heavy (non-hydrogen) atoms. The second-order valence-corrected chi connectivity index (χ2v) is 7.38. The summed E-state index contributed by atoms with van der Waals surface area (Å²) in [6.07, 6.45) is 0.747. The van der Waals surface area contributed by atoms with Crippen molar-refractivity contribution in [2.75, 3.05) is 29.3 Å². The molecule has 1 heterocycles. The van der Waals surface area contributed by atoms with Gasteiger partial charge in [-0.15, -0.1) is 0 Å². The molecule has 0 aromatic heterocycles. The van der Waals surface area contributed by atoms with Crippen molar-refractivity contribution in [3.63, 3.8) is 0 Å². The topological polar surface area (TPSA) is 58.6 Å². The number of sulfonamides is 1. The molecule has 0 saturated heterocycles. The Bertz CT molecular complexity index is 813. The van der Waals surface area contributed by atoms with Gasteiger partial charge in [0.15, 0.2) is 0 Å². The summed E-state index contributed by atoms with van der Waals surface area (Å²) in [5.74, 6) is 0.775. The number of anilines is 2. The monoisotopic (exact) mass is 346 g/mol. The molecule has 0 spiro atoms. The maximum atomic E-state index is 12.6. The van der Waals surface area contributed by atoms with Crippen LogP contribution >= 0.6 is 0 Å². The Morgan fingerprint density at radius 3 is 2.46 bits per heavy atom. The van der Waals surface area contributed by atoms with Gasteiger partial charge in [-0.1, -0.05) is 0 Å². The van der Waals surface area contributed by atoms with E-state index in [-0.39, 0.29) is 4.90 Å². The minimum absolute atomic E-state index is 0.263. The van der Waals surface area contributed by atoms with Gasteiger partial charge in [0, 0.05) is 30.9 Å². The van der Waals surface area contributed by atoms with Crippen LogP contribution in [-0.4, -0.2) is 28.1 Å². The lowest BCUT2D eigenvalue weighted by atomic mass is 10.2. The number of nitrogens with one attached hydrogen (secondary N) is 1. The van der Waals surface area contributed by atoms with Gasteiger partial charge in [-0.2, -0.15) is 0 Å². The highest BCUT2D eigenvalue weighted by Crippen LogP contribution is 2.28. The van der Waals surface area contributed by atoms with Crippen LogP contribution in [0, 0.1) is 0 Å². The number of benzene rings is 2. The molecule has 2 aromatic rings. The summed E-state index contributed by atoms with van der Waals surface area (Å²) in [7, 11) is -3.60. The molecule has 1 N–H and O–H groups in total. The lowest BCUT2D eigenvalue weighted by Crippen LogP contribution is -2.21. The van der Waals surface area contributed by atoms with Gasteiger partial charge < -0.3 is 9.64 Å². The van der Waals surface area contributed by atoms with Gasteiger partial charge >= 0.3 is 0 Å². The number of rotatable bonds is 6. The van der Waals surface area contributed by atoms with Crippen molar-refractivity contribution in [2.45, 2.75) is 25.2 Å². The van der Waals surface area contributed by atoms with E-state index in [9.17, 15) is 8.42 Å². The van der Waals surface area contributed by atoms with Crippen LogP contribution in [0.25, 0.3) is 0 Å². The normalized spacial score (nSPS) is 13.2. The Morgan fingerprint density at radius 1 is 1.08 bits per heavy atom. The maximum absolute atomic E-state index is 12.6. The summed E-state index contributed by atoms with van der Waals surface area (Å²) in [4.78, 5) is 2.47. The Balaban J connectivity index is 1.79. The fourth-order valence-electron chi connectivity index (χ4n) is 2.87. The third kappa shape index (κ3) is 3.33. The molecule has 0 unspecified atom stereocenters. The first kappa shape index (κ1) is 16.6. The highest BCUT2D eigenvalue weighted by Gasteiger charge is 2.19. The molecule has 6 heteroatoms. The molecule has 0 fully saturated rings. The molecular formula is C18H22N2O3S. The van der Waals surface area contributed by atoms with Crippen molar-refractivity contribution in [2.24, 2.45) is 0 Å². The van der Waals surface area contributed by atoms with Crippen molar-refractivity contribution < 1.29 is 13.2 Å². The lowest BCUT2D eigenvalue weighted by Gasteiger charge is -2.21. The molecular weight excluding hydrogens is 324 g/mol. The molecule has 0 atom stereocenters. The van der Waals surface area contributed by atoms with E-state index in [1.165, 1.54) is 0 Å². The first-order valence-electron chi connectivity index (χ1n) is 8.17. The van der Waals surface area contributed by atoms with Crippen LogP contribution in [0.5, 0.6) is 5.75 Å². The van der Waals surface area contributed by atoms with Crippen molar-refractivity contribution in [3.05, 3.63) is 48.0 Å². The van der Waals surface area contributed by atoms with Gasteiger partial charge in [-0.05, 0) is 61.9 Å². The summed E-state index contributed by atoms with van der Waals surface area (Å²) in [6, 6.07) is 12.4. The number of fused-ring (bicyclic) bond motifs is 1. The van der Waals surface area contributed by atoms with Gasteiger partial charge in [-0.3, -0.25) is 4.72 Å². The van der Waals surface area contributed by atoms with Crippen LogP contribution in [0.4, 0.5) is 11.4 Å². The van der Waals surface area contributed by atoms with Crippen LogP contribution in [0.1, 0.15) is 19.4 Å². The van der Waals surface area contributed by atoms with E-state index < -0.39 is 10.0 Å². The van der Waals surface area contributed by atoms with Crippen molar-refractivity contribution in [1.82, 2.24) is 0 Å². The van der Waals surface area contributed by atoms with E-state index in [1.54, 1.807) is 30.3 Å². The maximum Gasteiger partial charge on any atom is 0.261 e. The first-order chi connectivity index (χ1) is 11.5. The summed E-state index contributed by atoms with van der Waals surface area (Å²) < 4.78 is 33.2. The third-order valence-corrected chi connectivity index (χ3v) is 5.60. The third-order valence-electron chi connectivity index (χ3n) is 4.22. The molecule has 0 saturated carbocycles. The molecule has 5 nitrogen and oxygen atoms in total. The number of hydrogen-bond acceptors (Lipinski definition) is 4. The molecule has 0 radical (unpaired) electrons. The number of nitrogens with zero attached hydrogens (tertiary/aromatic N) is 1. The Kier molecular flexibility index (Phi) is 4.66. The van der Waals surface area contributed by atoms with E-state index in [1.807, 2.05) is 12.1 Å². The molecule has 0 bridgehead atoms. The average molecular weight is 346 g/mol. The molecule has 1 aliphatic rings. The predicted octanol–water partition coefficient (Wildman–Crippen LogP) is 3.27. The van der Waals surface area contributed by atoms with Crippen LogP contribution in [-0.2, 0) is 16.4 Å². The smallest absolute Gasteiger partial charge is 0.261 e. The van der Waals surface area contributed by atoms with E-state index >= 15 is 0 Å². The van der Waals surface area contributed by atoms with Crippen molar-refractivity contribution in [1.29, 1.82) is 0 Å². The van der Waals surface area contributed by atoms with E-state index in [0.29, 0.717) is 12.3 Å². The van der Waals surface area contributed by atoms with Crippen molar-refractivity contribution >= 4 is 21.4 Å². The van der Waals surface area contributed by atoms with Gasteiger partial charge in [0.2, 0.25) is 0 Å². The lowest BCUT2D eigenvalue weighted by molar-refractivity contribution is 0.356. The van der Waals surface area contributed by atoms with Gasteiger partial charge in [-0.25, -0.2) is 8.42 Å². The van der Waals surface area contributed by atoms with Gasteiger partial charge in [0.25, 0.3) is 10.0 Å². The Hall–Kier alpha value is -2.21. The molecule has 128 valence electrons. The van der Waals surface area contributed by atoms with Crippen LogP contribution in [0.3, 0.4) is 0 Å². The molecule has 2 aromatic carbocycles. The summed E-state index contributed by atoms with van der Waals surface area (Å²) in [5.41, 5.74) is 2.58. The minimum atomic E-state index is -3.60. The van der Waals surface area contributed by atoms with Crippen LogP contribution in [0.2, 0.25) is 0 Å². The van der Waals surface area contributed by atoms with Crippen molar-refractivity contribution in [3.8, 4) is 5.75 Å². The molecule has 0 aliphatic carbocycles. The summed E-state index contributed by atoms with van der Waals surface area (Å²) in [6.45, 7) is 6.63. The summed E-state index contributed by atoms with van der Waals surface area (Å²) in [5, 5.41) is 0. The molecule has 0 amide bonds. The standard InChI is InChI=1S/C18H22N2O3S/c1-3-20(4-2)16-7-5-15(6-8-16)19-24(21,22)17-9-10-18-14(13-17)11-12-23-18/h5-10,13,19H,3-4,11-12H2,1-2H3. The minimum Gasteiger partial charge on any atom is -0.493 e. The number of ether oxygens (including phenoxy) is 1. The molecule has 3 rings (SSSR count). The zero-order valence-electron chi connectivity index (χ0n) is 14.0. The first-order valence-corrected chi connectivity index (χ1v) is 9.65. The van der Waals surface area contributed by atoms with Gasteiger partial charge in [0.1, 0.15) is 5.75 Å². The van der Waals surface area contributed by atoms with E-state index in [0.717, 1.165) is 36.5 Å². The highest BCUT2D eigenvalue weighted by molar-refractivity contribution is 7.92. The van der Waals surface area contributed by atoms with E-state index in [4.69, 9.17) is 4.74 Å². The van der Waals surface area contributed by atoms with Crippen LogP contribution in [0.15, 0.2) is 47.4 Å². The second-order valence-electron chi connectivity index (χ2n) is 5.69. The second kappa shape index (κ2) is 6.73. The quantitative estimate of drug-likeness (QED) is 0.872. The fourth-order valence-corrected chi connectivity index (χ4v) is 3.98. The molecule has 1 aliphatic heterocycles. The zero-order chi connectivity index (χ0) is 17.2. The Labute approximate surface area is 143 Å². The SMILES string of the molecule is CCN(CC)c1ccc(NS(=O)(=O)c2ccc3c(c2)CCO3)cc1. The van der Waals surface area contributed by atoms with Gasteiger partial charge in [0.05, 0.1) is 11.5 Å².